The fourth-order valence-corrected chi connectivity index (χ4v) is 2.19. The second-order valence-electron chi connectivity index (χ2n) is 3.53. The maximum absolute atomic E-state index is 6.03. The first-order valence-electron chi connectivity index (χ1n) is 5.49. The maximum Gasteiger partial charge on any atom is 0.154 e. The largest absolute Gasteiger partial charge is 0.394 e. The Hall–Kier alpha value is -2.01. The molecule has 2 rings (SSSR count). The summed E-state index contributed by atoms with van der Waals surface area (Å²) in [6, 6.07) is 9.98. The first-order chi connectivity index (χ1) is 8.81. The van der Waals surface area contributed by atoms with Gasteiger partial charge < -0.3 is 11.1 Å². The van der Waals surface area contributed by atoms with Crippen LogP contribution in [0.3, 0.4) is 0 Å². The van der Waals surface area contributed by atoms with E-state index in [0.29, 0.717) is 18.1 Å². The van der Waals surface area contributed by atoms with Crippen molar-refractivity contribution < 1.29 is 0 Å². The molecule has 0 spiro atoms. The minimum Gasteiger partial charge on any atom is -0.394 e. The third-order valence-electron chi connectivity index (χ3n) is 2.22. The molecular formula is C13H14N4S. The molecule has 0 atom stereocenters. The molecule has 18 heavy (non-hydrogen) atoms. The molecule has 0 aliphatic rings. The molecule has 0 radical (unpaired) electrons. The van der Waals surface area contributed by atoms with Crippen molar-refractivity contribution in [3.63, 3.8) is 0 Å². The van der Waals surface area contributed by atoms with Crippen LogP contribution in [0.5, 0.6) is 0 Å². The van der Waals surface area contributed by atoms with E-state index < -0.39 is 0 Å². The number of nitrogens with zero attached hydrogens (tertiary/aromatic N) is 2. The Balaban J connectivity index is 2.20. The molecule has 1 aromatic carbocycles. The van der Waals surface area contributed by atoms with Crippen LogP contribution >= 0.6 is 11.8 Å². The van der Waals surface area contributed by atoms with Gasteiger partial charge in [0.05, 0.1) is 0 Å². The van der Waals surface area contributed by atoms with Gasteiger partial charge in [0.25, 0.3) is 0 Å². The van der Waals surface area contributed by atoms with E-state index in [2.05, 4.69) is 21.9 Å². The molecule has 3 N–H and O–H groups in total. The summed E-state index contributed by atoms with van der Waals surface area (Å²) >= 11 is 1.52. The molecule has 1 aromatic heterocycles. The lowest BCUT2D eigenvalue weighted by atomic mass is 10.4. The van der Waals surface area contributed by atoms with E-state index in [0.717, 1.165) is 9.92 Å². The van der Waals surface area contributed by atoms with Crippen molar-refractivity contribution in [1.29, 1.82) is 0 Å². The Morgan fingerprint density at radius 2 is 2.06 bits per heavy atom. The van der Waals surface area contributed by atoms with E-state index in [9.17, 15) is 0 Å². The molecule has 0 aliphatic heterocycles. The van der Waals surface area contributed by atoms with Crippen molar-refractivity contribution in [2.45, 2.75) is 9.92 Å². The fraction of sp³-hybridized carbons (Fsp3) is 0.0769. The lowest BCUT2D eigenvalue weighted by Gasteiger charge is -2.09. The van der Waals surface area contributed by atoms with Gasteiger partial charge >= 0.3 is 0 Å². The normalized spacial score (nSPS) is 10.0. The average molecular weight is 258 g/mol. The number of nitrogens with two attached hydrogens (primary N) is 1. The first kappa shape index (κ1) is 12.4. The minimum absolute atomic E-state index is 0.563. The number of hydrogen-bond donors (Lipinski definition) is 2. The summed E-state index contributed by atoms with van der Waals surface area (Å²) < 4.78 is 0. The predicted molar refractivity (Wildman–Crippen MR) is 75.7 cm³/mol. The van der Waals surface area contributed by atoms with Crippen LogP contribution in [0.1, 0.15) is 0 Å². The van der Waals surface area contributed by atoms with Crippen molar-refractivity contribution in [3.8, 4) is 0 Å². The number of benzene rings is 1. The van der Waals surface area contributed by atoms with Gasteiger partial charge in [-0.1, -0.05) is 36.0 Å². The number of nitrogen functional groups attached to an aromatic ring is 1. The van der Waals surface area contributed by atoms with Crippen molar-refractivity contribution in [2.75, 3.05) is 17.6 Å². The van der Waals surface area contributed by atoms with E-state index in [4.69, 9.17) is 5.73 Å². The van der Waals surface area contributed by atoms with Crippen molar-refractivity contribution in [2.24, 2.45) is 0 Å². The van der Waals surface area contributed by atoms with Gasteiger partial charge in [-0.3, -0.25) is 0 Å². The highest BCUT2D eigenvalue weighted by Gasteiger charge is 2.08. The molecule has 2 aromatic rings. The molecule has 1 heterocycles. The summed E-state index contributed by atoms with van der Waals surface area (Å²) in [5, 5.41) is 3.83. The summed E-state index contributed by atoms with van der Waals surface area (Å²) in [6.07, 6.45) is 3.26. The van der Waals surface area contributed by atoms with Crippen LogP contribution in [-0.2, 0) is 0 Å². The monoisotopic (exact) mass is 258 g/mol. The standard InChI is InChI=1S/C13H14N4S/c1-2-8-15-12-11(14)13(17-9-16-12)18-10-6-4-3-5-7-10/h2-7,9H,1,8,14H2,(H,15,16,17). The lowest BCUT2D eigenvalue weighted by Crippen LogP contribution is -2.05. The van der Waals surface area contributed by atoms with Crippen LogP contribution in [0.25, 0.3) is 0 Å². The molecular weight excluding hydrogens is 244 g/mol. The highest BCUT2D eigenvalue weighted by atomic mass is 32.2. The van der Waals surface area contributed by atoms with Gasteiger partial charge in [0.1, 0.15) is 17.0 Å². The van der Waals surface area contributed by atoms with Crippen LogP contribution in [0.4, 0.5) is 11.5 Å². The molecule has 5 heteroatoms. The molecule has 0 unspecified atom stereocenters. The number of anilines is 2. The average Bonchev–Trinajstić information content (AvgIpc) is 2.41. The zero-order valence-corrected chi connectivity index (χ0v) is 10.7. The van der Waals surface area contributed by atoms with Crippen LogP contribution in [-0.4, -0.2) is 16.5 Å². The first-order valence-corrected chi connectivity index (χ1v) is 6.31. The molecule has 0 saturated carbocycles. The molecule has 0 saturated heterocycles. The topological polar surface area (TPSA) is 63.8 Å². The second-order valence-corrected chi connectivity index (χ2v) is 4.59. The van der Waals surface area contributed by atoms with E-state index in [1.54, 1.807) is 6.08 Å². The van der Waals surface area contributed by atoms with Crippen molar-refractivity contribution in [1.82, 2.24) is 9.97 Å². The summed E-state index contributed by atoms with van der Waals surface area (Å²) in [4.78, 5) is 9.41. The van der Waals surface area contributed by atoms with Gasteiger partial charge in [0.15, 0.2) is 5.82 Å². The van der Waals surface area contributed by atoms with Crippen LogP contribution < -0.4 is 11.1 Å². The highest BCUT2D eigenvalue weighted by Crippen LogP contribution is 2.32. The van der Waals surface area contributed by atoms with Gasteiger partial charge in [0, 0.05) is 11.4 Å². The molecule has 0 aliphatic carbocycles. The van der Waals surface area contributed by atoms with Gasteiger partial charge in [-0.15, -0.1) is 6.58 Å². The predicted octanol–water partition coefficient (Wildman–Crippen LogP) is 2.81. The van der Waals surface area contributed by atoms with E-state index in [-0.39, 0.29) is 0 Å². The zero-order valence-electron chi connectivity index (χ0n) is 9.84. The maximum atomic E-state index is 6.03. The lowest BCUT2D eigenvalue weighted by molar-refractivity contribution is 1.05. The quantitative estimate of drug-likeness (QED) is 0.638. The third-order valence-corrected chi connectivity index (χ3v) is 3.25. The highest BCUT2D eigenvalue weighted by molar-refractivity contribution is 7.99. The Labute approximate surface area is 110 Å². The Morgan fingerprint density at radius 3 is 2.78 bits per heavy atom. The Morgan fingerprint density at radius 1 is 1.28 bits per heavy atom. The SMILES string of the molecule is C=CCNc1ncnc(Sc2ccccc2)c1N. The van der Waals surface area contributed by atoms with Gasteiger partial charge in [0.2, 0.25) is 0 Å². The van der Waals surface area contributed by atoms with Gasteiger partial charge in [-0.05, 0) is 12.1 Å². The van der Waals surface area contributed by atoms with Crippen molar-refractivity contribution >= 4 is 23.3 Å². The molecule has 0 bridgehead atoms. The van der Waals surface area contributed by atoms with E-state index in [1.807, 2.05) is 30.3 Å². The van der Waals surface area contributed by atoms with Crippen LogP contribution in [0.15, 0.2) is 59.2 Å². The van der Waals surface area contributed by atoms with Gasteiger partial charge in [-0.25, -0.2) is 9.97 Å². The summed E-state index contributed by atoms with van der Waals surface area (Å²) in [6.45, 7) is 4.27. The van der Waals surface area contributed by atoms with Crippen molar-refractivity contribution in [3.05, 3.63) is 49.3 Å². The number of hydrogen-bond acceptors (Lipinski definition) is 5. The summed E-state index contributed by atoms with van der Waals surface area (Å²) in [5.41, 5.74) is 6.59. The summed E-state index contributed by atoms with van der Waals surface area (Å²) in [5.74, 6) is 0.642. The summed E-state index contributed by atoms with van der Waals surface area (Å²) in [7, 11) is 0. The number of nitrogens with one attached hydrogen (secondary N) is 1. The molecule has 0 amide bonds. The zero-order chi connectivity index (χ0) is 12.8. The molecule has 0 fully saturated rings. The smallest absolute Gasteiger partial charge is 0.154 e. The molecule has 4 nitrogen and oxygen atoms in total. The van der Waals surface area contributed by atoms with E-state index in [1.165, 1.54) is 18.1 Å². The van der Waals surface area contributed by atoms with E-state index >= 15 is 0 Å². The third kappa shape index (κ3) is 3.01. The van der Waals surface area contributed by atoms with Crippen LogP contribution in [0.2, 0.25) is 0 Å². The van der Waals surface area contributed by atoms with Gasteiger partial charge in [-0.2, -0.15) is 0 Å². The second kappa shape index (κ2) is 6.07. The minimum atomic E-state index is 0.563. The number of aromatic nitrogens is 2. The molecule has 92 valence electrons. The number of rotatable bonds is 5. The Bertz CT molecular complexity index is 528. The Kier molecular flexibility index (Phi) is 4.20. The fourth-order valence-electron chi connectivity index (χ4n) is 1.37. The van der Waals surface area contributed by atoms with Crippen LogP contribution in [0, 0.1) is 0 Å².